The average molecular weight is 280 g/mol. The Hall–Kier alpha value is -3.07. The zero-order chi connectivity index (χ0) is 14.7. The zero-order valence-electron chi connectivity index (χ0n) is 11.3. The van der Waals surface area contributed by atoms with Crippen molar-refractivity contribution >= 4 is 0 Å². The Morgan fingerprint density at radius 1 is 1.38 bits per heavy atom. The Morgan fingerprint density at radius 3 is 3.00 bits per heavy atom. The van der Waals surface area contributed by atoms with Crippen LogP contribution in [0.2, 0.25) is 0 Å². The molecule has 104 valence electrons. The summed E-state index contributed by atoms with van der Waals surface area (Å²) < 4.78 is 10.8. The summed E-state index contributed by atoms with van der Waals surface area (Å²) in [6, 6.07) is 11.2. The van der Waals surface area contributed by atoms with Crippen molar-refractivity contribution in [3.63, 3.8) is 0 Å². The minimum atomic E-state index is 0.331. The molecular formula is C15H12N4O2. The number of nitrogens with zero attached hydrogens (tertiary/aromatic N) is 3. The summed E-state index contributed by atoms with van der Waals surface area (Å²) in [5.41, 5.74) is 1.89. The summed E-state index contributed by atoms with van der Waals surface area (Å²) in [5, 5.41) is 12.8. The molecule has 1 N–H and O–H groups in total. The van der Waals surface area contributed by atoms with Gasteiger partial charge in [0, 0.05) is 6.20 Å². The van der Waals surface area contributed by atoms with Crippen LogP contribution < -0.4 is 4.74 Å². The first-order valence-electron chi connectivity index (χ1n) is 6.46. The molecule has 0 saturated carbocycles. The number of hydrogen-bond donors (Lipinski definition) is 1. The highest BCUT2D eigenvalue weighted by Crippen LogP contribution is 2.29. The molecule has 0 radical (unpaired) electrons. The number of nitrogens with one attached hydrogen (secondary N) is 1. The number of aromatic amines is 1. The quantitative estimate of drug-likeness (QED) is 0.793. The molecule has 0 spiro atoms. The minimum absolute atomic E-state index is 0.331. The predicted molar refractivity (Wildman–Crippen MR) is 75.4 cm³/mol. The number of aromatic nitrogens is 3. The van der Waals surface area contributed by atoms with E-state index in [4.69, 9.17) is 14.5 Å². The van der Waals surface area contributed by atoms with Gasteiger partial charge in [0.15, 0.2) is 0 Å². The van der Waals surface area contributed by atoms with Gasteiger partial charge in [0.25, 0.3) is 5.89 Å². The number of rotatable bonds is 4. The molecule has 0 amide bonds. The first-order chi connectivity index (χ1) is 10.3. The van der Waals surface area contributed by atoms with Crippen LogP contribution >= 0.6 is 0 Å². The Morgan fingerprint density at radius 2 is 2.24 bits per heavy atom. The summed E-state index contributed by atoms with van der Waals surface area (Å²) in [7, 11) is 0. The van der Waals surface area contributed by atoms with Crippen molar-refractivity contribution in [1.29, 1.82) is 5.26 Å². The van der Waals surface area contributed by atoms with E-state index in [1.807, 2.05) is 37.3 Å². The molecule has 6 heteroatoms. The van der Waals surface area contributed by atoms with Crippen LogP contribution in [0.25, 0.3) is 23.0 Å². The largest absolute Gasteiger partial charge is 0.493 e. The second-order valence-electron chi connectivity index (χ2n) is 4.27. The van der Waals surface area contributed by atoms with Gasteiger partial charge in [0.1, 0.15) is 17.5 Å². The van der Waals surface area contributed by atoms with Crippen LogP contribution in [0.5, 0.6) is 5.75 Å². The molecule has 0 aliphatic carbocycles. The SMILES string of the molecule is CCOc1ccccc1-c1noc(-c2cc(C#N)c[nH]2)n1. The van der Waals surface area contributed by atoms with Gasteiger partial charge in [-0.05, 0) is 25.1 Å². The van der Waals surface area contributed by atoms with Crippen molar-refractivity contribution in [2.75, 3.05) is 6.61 Å². The summed E-state index contributed by atoms with van der Waals surface area (Å²) in [6.07, 6.45) is 1.59. The Labute approximate surface area is 121 Å². The Bertz CT molecular complexity index is 798. The number of H-pyrrole nitrogens is 1. The van der Waals surface area contributed by atoms with E-state index in [1.54, 1.807) is 12.3 Å². The van der Waals surface area contributed by atoms with Crippen LogP contribution in [0, 0.1) is 11.3 Å². The number of benzene rings is 1. The van der Waals surface area contributed by atoms with Gasteiger partial charge in [0.2, 0.25) is 5.82 Å². The highest BCUT2D eigenvalue weighted by Gasteiger charge is 2.15. The maximum absolute atomic E-state index is 8.82. The van der Waals surface area contributed by atoms with Gasteiger partial charge < -0.3 is 14.2 Å². The normalized spacial score (nSPS) is 10.3. The first kappa shape index (κ1) is 12.9. The first-order valence-corrected chi connectivity index (χ1v) is 6.46. The lowest BCUT2D eigenvalue weighted by Gasteiger charge is -2.05. The van der Waals surface area contributed by atoms with E-state index in [-0.39, 0.29) is 0 Å². The van der Waals surface area contributed by atoms with Gasteiger partial charge in [-0.3, -0.25) is 0 Å². The van der Waals surface area contributed by atoms with E-state index in [2.05, 4.69) is 15.1 Å². The molecule has 0 atom stereocenters. The van der Waals surface area contributed by atoms with E-state index >= 15 is 0 Å². The maximum Gasteiger partial charge on any atom is 0.274 e. The smallest absolute Gasteiger partial charge is 0.274 e. The summed E-state index contributed by atoms with van der Waals surface area (Å²) in [6.45, 7) is 2.48. The zero-order valence-corrected chi connectivity index (χ0v) is 11.3. The van der Waals surface area contributed by atoms with Crippen LogP contribution in [-0.2, 0) is 0 Å². The third-order valence-electron chi connectivity index (χ3n) is 2.90. The Balaban J connectivity index is 1.97. The van der Waals surface area contributed by atoms with Crippen LogP contribution in [-0.4, -0.2) is 21.7 Å². The molecule has 1 aromatic carbocycles. The summed E-state index contributed by atoms with van der Waals surface area (Å²) >= 11 is 0. The summed E-state index contributed by atoms with van der Waals surface area (Å²) in [4.78, 5) is 7.27. The van der Waals surface area contributed by atoms with E-state index in [1.165, 1.54) is 0 Å². The highest BCUT2D eigenvalue weighted by atomic mass is 16.5. The van der Waals surface area contributed by atoms with Crippen molar-refractivity contribution in [1.82, 2.24) is 15.1 Å². The molecular weight excluding hydrogens is 268 g/mol. The highest BCUT2D eigenvalue weighted by molar-refractivity contribution is 5.65. The second-order valence-corrected chi connectivity index (χ2v) is 4.27. The van der Waals surface area contributed by atoms with Crippen molar-refractivity contribution in [2.45, 2.75) is 6.92 Å². The summed E-state index contributed by atoms with van der Waals surface area (Å²) in [5.74, 6) is 1.48. The third-order valence-corrected chi connectivity index (χ3v) is 2.90. The van der Waals surface area contributed by atoms with Gasteiger partial charge in [-0.15, -0.1) is 0 Å². The lowest BCUT2D eigenvalue weighted by Crippen LogP contribution is -1.94. The van der Waals surface area contributed by atoms with Crippen molar-refractivity contribution in [3.8, 4) is 34.8 Å². The lowest BCUT2D eigenvalue weighted by atomic mass is 10.2. The fraction of sp³-hybridized carbons (Fsp3) is 0.133. The molecule has 0 fully saturated rings. The number of para-hydroxylation sites is 1. The second kappa shape index (κ2) is 5.51. The molecule has 0 aliphatic rings. The molecule has 2 heterocycles. The van der Waals surface area contributed by atoms with Crippen molar-refractivity contribution < 1.29 is 9.26 Å². The molecule has 3 rings (SSSR count). The molecule has 6 nitrogen and oxygen atoms in total. The van der Waals surface area contributed by atoms with Crippen LogP contribution in [0.4, 0.5) is 0 Å². The van der Waals surface area contributed by atoms with E-state index < -0.39 is 0 Å². The molecule has 21 heavy (non-hydrogen) atoms. The third kappa shape index (κ3) is 2.49. The van der Waals surface area contributed by atoms with Gasteiger partial charge in [-0.25, -0.2) is 0 Å². The molecule has 0 unspecified atom stereocenters. The maximum atomic E-state index is 8.82. The fourth-order valence-electron chi connectivity index (χ4n) is 1.96. The van der Waals surface area contributed by atoms with Crippen molar-refractivity contribution in [2.24, 2.45) is 0 Å². The fourth-order valence-corrected chi connectivity index (χ4v) is 1.96. The van der Waals surface area contributed by atoms with Gasteiger partial charge in [-0.1, -0.05) is 17.3 Å². The van der Waals surface area contributed by atoms with Crippen LogP contribution in [0.1, 0.15) is 12.5 Å². The molecule has 0 saturated heterocycles. The molecule has 0 bridgehead atoms. The number of ether oxygens (including phenoxy) is 1. The van der Waals surface area contributed by atoms with Gasteiger partial charge in [-0.2, -0.15) is 10.2 Å². The number of nitriles is 1. The lowest BCUT2D eigenvalue weighted by molar-refractivity contribution is 0.341. The standard InChI is InChI=1S/C15H12N4O2/c1-2-20-13-6-4-3-5-11(13)14-18-15(21-19-14)12-7-10(8-16)9-17-12/h3-7,9,17H,2H2,1H3. The molecule has 0 aliphatic heterocycles. The van der Waals surface area contributed by atoms with Crippen LogP contribution in [0.15, 0.2) is 41.1 Å². The topological polar surface area (TPSA) is 87.7 Å². The van der Waals surface area contributed by atoms with E-state index in [0.717, 1.165) is 5.56 Å². The van der Waals surface area contributed by atoms with Gasteiger partial charge in [0.05, 0.1) is 17.7 Å². The average Bonchev–Trinajstić information content (AvgIpc) is 3.17. The van der Waals surface area contributed by atoms with Crippen LogP contribution in [0.3, 0.4) is 0 Å². The molecule has 3 aromatic rings. The predicted octanol–water partition coefficient (Wildman–Crippen LogP) is 3.00. The van der Waals surface area contributed by atoms with E-state index in [0.29, 0.717) is 35.3 Å². The monoisotopic (exact) mass is 280 g/mol. The molecule has 2 aromatic heterocycles. The van der Waals surface area contributed by atoms with Gasteiger partial charge >= 0.3 is 0 Å². The van der Waals surface area contributed by atoms with E-state index in [9.17, 15) is 0 Å². The number of hydrogen-bond acceptors (Lipinski definition) is 5. The minimum Gasteiger partial charge on any atom is -0.493 e. The van der Waals surface area contributed by atoms with Crippen molar-refractivity contribution in [3.05, 3.63) is 42.1 Å². The Kier molecular flexibility index (Phi) is 3.39.